The van der Waals surface area contributed by atoms with E-state index >= 15 is 0 Å². The van der Waals surface area contributed by atoms with Gasteiger partial charge < -0.3 is 70.0 Å². The molecule has 0 unspecified atom stereocenters. The molecule has 36 nitrogen and oxygen atoms in total. The van der Waals surface area contributed by atoms with Gasteiger partial charge in [0.2, 0.25) is 23.8 Å². The Labute approximate surface area is 669 Å². The monoisotopic (exact) mass is 1570 g/mol. The Morgan fingerprint density at radius 2 is 0.716 bits per heavy atom. The van der Waals surface area contributed by atoms with Crippen LogP contribution in [0.2, 0.25) is 0 Å². The molecule has 116 heavy (non-hydrogen) atoms. The number of hydrogen-bond acceptors (Lipinski definition) is 32. The topological polar surface area (TPSA) is 495 Å². The Hall–Kier alpha value is -13.3. The van der Waals surface area contributed by atoms with Gasteiger partial charge in [0.05, 0.1) is 51.7 Å². The van der Waals surface area contributed by atoms with E-state index in [0.29, 0.717) is 69.3 Å². The molecule has 0 aliphatic heterocycles. The molecule has 0 bridgehead atoms. The number of nitrogens with zero attached hydrogens (tertiary/aromatic N) is 20. The summed E-state index contributed by atoms with van der Waals surface area (Å²) in [4.78, 5) is 85.3. The molecule has 0 saturated heterocycles. The molecule has 4 fully saturated rings. The van der Waals surface area contributed by atoms with Crippen LogP contribution >= 0.6 is 0 Å². The first-order valence-corrected chi connectivity index (χ1v) is 39.0. The quantitative estimate of drug-likeness (QED) is 0.0250. The summed E-state index contributed by atoms with van der Waals surface area (Å²) >= 11 is 0. The van der Waals surface area contributed by atoms with Crippen molar-refractivity contribution in [2.45, 2.75) is 179 Å². The standard InChI is InChI=1S/C22H26N6O.C20H24N8O.2C19H23N9O/c1-15(29)18-14-24-22(26-20-10-3-2-9-19(20)23)27-21(18)25-16-7-6-8-17(13-16)28-11-4-5-12-28;1-13(29)16-12-22-20(25-18-8-3-2-7-17(18)21)26-19(16)24-14-5-4-6-15(11-14)28-10-9-23-27-28;1-12(29)15-10-21-19(24-17-8-3-2-7-16(17)20)25-18(15)23-13-5-4-6-14(9-13)28-11-22-26-27-28;1-12(29)15-10-21-19(25-17-8-3-2-7-16(17)20)26-18(15)24-13-5-4-6-14(9-13)28-23-11-22-27-28/h4-8,11-14,19-20H,2-3,9-10,23H2,1H3,(H2,24,25,26,27);4-6,9-12,17-18H,2-3,7-8,21H2,1H3,(H2,22,24,25,26);4-6,9-11,16-17H,2-3,7-8,20H2,1H3,(H2,21,23,24,25);4-6,9-11,16-17H,2-3,7-8,20H2,1H3,(H2,21,24,25,26)/t19-,20+;17-,18+;2*16-,17+/m0000/s1. The van der Waals surface area contributed by atoms with Crippen LogP contribution in [0.1, 0.15) is 172 Å². The number of tetrazole rings is 2. The van der Waals surface area contributed by atoms with Crippen LogP contribution in [0.3, 0.4) is 0 Å². The highest BCUT2D eigenvalue weighted by Gasteiger charge is 2.28. The zero-order valence-corrected chi connectivity index (χ0v) is 65.0. The van der Waals surface area contributed by atoms with Crippen LogP contribution < -0.4 is 65.5 Å². The average Bonchev–Trinajstić information content (AvgIpc) is 1.31. The lowest BCUT2D eigenvalue weighted by molar-refractivity contribution is 0.100. The van der Waals surface area contributed by atoms with E-state index in [2.05, 4.69) is 124 Å². The number of hydrogen-bond donors (Lipinski definition) is 12. The Bertz CT molecular complexity index is 4600. The van der Waals surface area contributed by atoms with E-state index in [0.717, 1.165) is 148 Å². The fourth-order valence-corrected chi connectivity index (χ4v) is 14.1. The van der Waals surface area contributed by atoms with Crippen LogP contribution in [0, 0.1) is 0 Å². The van der Waals surface area contributed by atoms with Crippen molar-refractivity contribution in [1.82, 2.24) is 99.8 Å². The molecule has 0 radical (unpaired) electrons. The van der Waals surface area contributed by atoms with Crippen LogP contribution in [-0.2, 0) is 0 Å². The number of nitrogens with one attached hydrogen (secondary N) is 8. The van der Waals surface area contributed by atoms with Crippen LogP contribution in [-0.4, -0.2) is 171 Å². The van der Waals surface area contributed by atoms with Gasteiger partial charge in [-0.15, -0.1) is 25.2 Å². The normalized spacial score (nSPS) is 19.0. The number of anilines is 12. The first-order valence-electron chi connectivity index (χ1n) is 39.0. The van der Waals surface area contributed by atoms with Gasteiger partial charge in [-0.25, -0.2) is 29.3 Å². The van der Waals surface area contributed by atoms with Gasteiger partial charge in [-0.2, -0.15) is 19.9 Å². The minimum Gasteiger partial charge on any atom is -0.350 e. The molecule has 0 spiro atoms. The molecule has 4 aliphatic carbocycles. The number of carbonyl (C=O) groups excluding carboxylic acids is 4. The van der Waals surface area contributed by atoms with Crippen LogP contribution in [0.5, 0.6) is 0 Å². The third-order valence-corrected chi connectivity index (χ3v) is 20.4. The van der Waals surface area contributed by atoms with Gasteiger partial charge in [0, 0.05) is 114 Å². The van der Waals surface area contributed by atoms with E-state index in [1.54, 1.807) is 40.3 Å². The van der Waals surface area contributed by atoms with Gasteiger partial charge in [0.15, 0.2) is 29.5 Å². The molecule has 4 aromatic carbocycles. The third kappa shape index (κ3) is 21.7. The Morgan fingerprint density at radius 1 is 0.371 bits per heavy atom. The summed E-state index contributed by atoms with van der Waals surface area (Å²) in [5, 5.41) is 57.0. The largest absolute Gasteiger partial charge is 0.350 e. The Kier molecular flexibility index (Phi) is 27.1. The lowest BCUT2D eigenvalue weighted by Gasteiger charge is -2.29. The van der Waals surface area contributed by atoms with Crippen LogP contribution in [0.25, 0.3) is 22.7 Å². The van der Waals surface area contributed by atoms with E-state index in [1.165, 1.54) is 51.3 Å². The van der Waals surface area contributed by atoms with E-state index in [1.807, 2.05) is 126 Å². The smallest absolute Gasteiger partial charge is 0.224 e. The van der Waals surface area contributed by atoms with Gasteiger partial charge in [0.1, 0.15) is 29.6 Å². The number of ketones is 4. The van der Waals surface area contributed by atoms with Crippen molar-refractivity contribution in [2.75, 3.05) is 42.5 Å². The first-order chi connectivity index (χ1) is 56.4. The van der Waals surface area contributed by atoms with Crippen molar-refractivity contribution in [3.8, 4) is 22.7 Å². The molecular formula is C80H96N32O4. The maximum absolute atomic E-state index is 12.1. The number of carbonyl (C=O) groups is 4. The van der Waals surface area contributed by atoms with E-state index in [4.69, 9.17) is 22.9 Å². The Morgan fingerprint density at radius 3 is 1.04 bits per heavy atom. The van der Waals surface area contributed by atoms with Crippen molar-refractivity contribution >= 4 is 92.9 Å². The lowest BCUT2D eigenvalue weighted by Crippen LogP contribution is -2.43. The fraction of sp³-hybridized carbons (Fsp3) is 0.350. The highest BCUT2D eigenvalue weighted by atomic mass is 16.1. The summed E-state index contributed by atoms with van der Waals surface area (Å²) < 4.78 is 5.23. The highest BCUT2D eigenvalue weighted by Crippen LogP contribution is 2.31. The summed E-state index contributed by atoms with van der Waals surface area (Å²) in [6.07, 6.45) is 33.5. The molecule has 8 atom stereocenters. The molecule has 16 N–H and O–H groups in total. The van der Waals surface area contributed by atoms with Crippen molar-refractivity contribution in [3.05, 3.63) is 194 Å². The molecule has 36 heteroatoms. The van der Waals surface area contributed by atoms with Crippen molar-refractivity contribution in [1.29, 1.82) is 0 Å². The summed E-state index contributed by atoms with van der Waals surface area (Å²) in [6, 6.07) is 35.3. The van der Waals surface area contributed by atoms with Gasteiger partial charge in [-0.3, -0.25) is 19.2 Å². The predicted octanol–water partition coefficient (Wildman–Crippen LogP) is 10.7. The zero-order valence-electron chi connectivity index (χ0n) is 65.0. The van der Waals surface area contributed by atoms with Gasteiger partial charge in [-0.05, 0) is 180 Å². The molecule has 4 saturated carbocycles. The molecule has 12 aromatic rings. The minimum atomic E-state index is -0.123. The number of aromatic nitrogens is 20. The molecule has 16 rings (SSSR count). The maximum Gasteiger partial charge on any atom is 0.224 e. The second-order valence-corrected chi connectivity index (χ2v) is 29.0. The molecular weight excluding hydrogens is 1470 g/mol. The molecule has 600 valence electrons. The number of Topliss-reactive ketones (excluding diaryl/α,β-unsaturated/α-hetero) is 4. The van der Waals surface area contributed by atoms with Crippen LogP contribution in [0.15, 0.2) is 171 Å². The second-order valence-electron chi connectivity index (χ2n) is 29.0. The maximum atomic E-state index is 12.1. The molecule has 0 amide bonds. The minimum absolute atomic E-state index is 0.0723. The van der Waals surface area contributed by atoms with Crippen molar-refractivity contribution in [3.63, 3.8) is 0 Å². The summed E-state index contributed by atoms with van der Waals surface area (Å²) in [7, 11) is 0. The molecule has 8 heterocycles. The van der Waals surface area contributed by atoms with Gasteiger partial charge in [-0.1, -0.05) is 80.8 Å². The number of rotatable bonds is 24. The van der Waals surface area contributed by atoms with E-state index in [9.17, 15) is 19.2 Å². The van der Waals surface area contributed by atoms with E-state index < -0.39 is 0 Å². The lowest BCUT2D eigenvalue weighted by atomic mass is 9.91. The molecule has 8 aromatic heterocycles. The third-order valence-electron chi connectivity index (χ3n) is 20.4. The summed E-state index contributed by atoms with van der Waals surface area (Å²) in [6.45, 7) is 6.00. The zero-order chi connectivity index (χ0) is 80.9. The SMILES string of the molecule is CC(=O)c1cnc(N[C@@H]2CCCC[C@@H]2N)nc1Nc1cccc(-n2cccc2)c1.CC(=O)c1cnc(N[C@@H]2CCCC[C@@H]2N)nc1Nc1cccc(-n2ccnn2)c1.CC(=O)c1cnc(N[C@@H]2CCCC[C@@H]2N)nc1Nc1cccc(-n2cnnn2)c1.CC(=O)c1cnc(N[C@@H]2CCCC[C@@H]2N)nc1Nc1cccc(-n2ncnn2)c1. The van der Waals surface area contributed by atoms with Crippen molar-refractivity contribution < 1.29 is 19.2 Å². The number of nitrogens with two attached hydrogens (primary N) is 4. The Balaban J connectivity index is 0.000000135. The highest BCUT2D eigenvalue weighted by molar-refractivity contribution is 6.01. The average molecular weight is 1570 g/mol. The molecule has 4 aliphatic rings. The van der Waals surface area contributed by atoms with Gasteiger partial charge >= 0.3 is 0 Å². The number of benzene rings is 4. The second kappa shape index (κ2) is 38.9. The summed E-state index contributed by atoms with van der Waals surface area (Å²) in [5.41, 5.74) is 33.1. The van der Waals surface area contributed by atoms with E-state index in [-0.39, 0.29) is 71.5 Å². The summed E-state index contributed by atoms with van der Waals surface area (Å²) in [5.74, 6) is 3.23. The predicted molar refractivity (Wildman–Crippen MR) is 442 cm³/mol. The van der Waals surface area contributed by atoms with Crippen molar-refractivity contribution in [2.24, 2.45) is 22.9 Å². The van der Waals surface area contributed by atoms with Crippen LogP contribution in [0.4, 0.5) is 69.8 Å². The fourth-order valence-electron chi connectivity index (χ4n) is 14.1. The van der Waals surface area contributed by atoms with Gasteiger partial charge in [0.25, 0.3) is 0 Å². The first kappa shape index (κ1) is 80.7.